The van der Waals surface area contributed by atoms with Crippen molar-refractivity contribution < 1.29 is 13.2 Å². The number of hydrogen-bond acceptors (Lipinski definition) is 3. The summed E-state index contributed by atoms with van der Waals surface area (Å²) in [7, 11) is -1.92. The van der Waals surface area contributed by atoms with Gasteiger partial charge in [-0.2, -0.15) is 4.31 Å². The van der Waals surface area contributed by atoms with E-state index >= 15 is 0 Å². The quantitative estimate of drug-likeness (QED) is 0.851. The highest BCUT2D eigenvalue weighted by Gasteiger charge is 2.17. The van der Waals surface area contributed by atoms with Gasteiger partial charge in [-0.3, -0.25) is 4.79 Å². The Balaban J connectivity index is 2.57. The molecule has 0 aromatic heterocycles. The predicted octanol–water partition coefficient (Wildman–Crippen LogP) is 0.907. The van der Waals surface area contributed by atoms with Crippen molar-refractivity contribution >= 4 is 21.6 Å². The van der Waals surface area contributed by atoms with E-state index in [9.17, 15) is 13.2 Å². The molecule has 0 aliphatic carbocycles. The predicted molar refractivity (Wildman–Crippen MR) is 67.2 cm³/mol. The molecular weight excluding hydrogens is 240 g/mol. The van der Waals surface area contributed by atoms with E-state index in [0.29, 0.717) is 5.69 Å². The molecule has 5 nitrogen and oxygen atoms in total. The molecule has 94 valence electrons. The van der Waals surface area contributed by atoms with Crippen molar-refractivity contribution in [3.63, 3.8) is 0 Å². The van der Waals surface area contributed by atoms with Crippen molar-refractivity contribution in [2.45, 2.75) is 6.92 Å². The maximum atomic E-state index is 11.6. The lowest BCUT2D eigenvalue weighted by Crippen LogP contribution is -2.35. The molecule has 0 saturated heterocycles. The van der Waals surface area contributed by atoms with Crippen LogP contribution in [0.15, 0.2) is 30.3 Å². The molecule has 0 heterocycles. The number of hydrogen-bond donors (Lipinski definition) is 1. The van der Waals surface area contributed by atoms with Crippen LogP contribution in [-0.2, 0) is 14.8 Å². The van der Waals surface area contributed by atoms with Gasteiger partial charge in [-0.15, -0.1) is 0 Å². The van der Waals surface area contributed by atoms with Gasteiger partial charge in [0.1, 0.15) is 0 Å². The average molecular weight is 256 g/mol. The second-order valence-corrected chi connectivity index (χ2v) is 5.94. The molecule has 1 aromatic carbocycles. The molecule has 0 spiro atoms. The van der Waals surface area contributed by atoms with Gasteiger partial charge < -0.3 is 5.32 Å². The molecule has 0 unspecified atom stereocenters. The zero-order chi connectivity index (χ0) is 12.9. The van der Waals surface area contributed by atoms with E-state index in [4.69, 9.17) is 0 Å². The summed E-state index contributed by atoms with van der Waals surface area (Å²) in [6.07, 6.45) is 0. The zero-order valence-electron chi connectivity index (χ0n) is 9.88. The van der Waals surface area contributed by atoms with Crippen LogP contribution in [0.3, 0.4) is 0 Å². The van der Waals surface area contributed by atoms with Crippen molar-refractivity contribution in [1.82, 2.24) is 4.31 Å². The number of nitrogens with one attached hydrogen (secondary N) is 1. The molecule has 6 heteroatoms. The molecule has 0 saturated carbocycles. The number of sulfonamides is 1. The second kappa shape index (κ2) is 5.79. The number of para-hydroxylation sites is 1. The Bertz CT molecular complexity index is 471. The van der Waals surface area contributed by atoms with Crippen LogP contribution in [0.2, 0.25) is 0 Å². The first-order valence-electron chi connectivity index (χ1n) is 5.24. The summed E-state index contributed by atoms with van der Waals surface area (Å²) in [5, 5.41) is 2.62. The highest BCUT2D eigenvalue weighted by molar-refractivity contribution is 7.89. The average Bonchev–Trinajstić information content (AvgIpc) is 2.30. The summed E-state index contributed by atoms with van der Waals surface area (Å²) in [5.41, 5.74) is 0.653. The van der Waals surface area contributed by atoms with Gasteiger partial charge in [0.15, 0.2) is 0 Å². The smallest absolute Gasteiger partial charge is 0.239 e. The lowest BCUT2D eigenvalue weighted by Gasteiger charge is -2.15. The number of amides is 1. The van der Waals surface area contributed by atoms with Crippen LogP contribution in [0.25, 0.3) is 0 Å². The Morgan fingerprint density at radius 3 is 2.41 bits per heavy atom. The fourth-order valence-electron chi connectivity index (χ4n) is 1.24. The van der Waals surface area contributed by atoms with Crippen LogP contribution in [0.1, 0.15) is 6.92 Å². The van der Waals surface area contributed by atoms with E-state index in [1.54, 1.807) is 31.2 Å². The number of nitrogens with zero attached hydrogens (tertiary/aromatic N) is 1. The second-order valence-electron chi connectivity index (χ2n) is 3.57. The SMILES string of the molecule is CCS(=O)(=O)N(C)CC(=O)Nc1ccccc1. The summed E-state index contributed by atoms with van der Waals surface area (Å²) in [6, 6.07) is 8.91. The summed E-state index contributed by atoms with van der Waals surface area (Å²) in [5.74, 6) is -0.363. The van der Waals surface area contributed by atoms with E-state index in [1.807, 2.05) is 6.07 Å². The van der Waals surface area contributed by atoms with E-state index in [0.717, 1.165) is 4.31 Å². The Labute approximate surface area is 101 Å². The molecule has 0 fully saturated rings. The van der Waals surface area contributed by atoms with Crippen LogP contribution >= 0.6 is 0 Å². The van der Waals surface area contributed by atoms with Crippen LogP contribution in [-0.4, -0.2) is 38.0 Å². The van der Waals surface area contributed by atoms with Gasteiger partial charge in [0.25, 0.3) is 0 Å². The minimum Gasteiger partial charge on any atom is -0.325 e. The monoisotopic (exact) mass is 256 g/mol. The minimum absolute atomic E-state index is 0.0118. The Morgan fingerprint density at radius 2 is 1.88 bits per heavy atom. The van der Waals surface area contributed by atoms with Crippen molar-refractivity contribution in [3.8, 4) is 0 Å². The molecule has 0 aliphatic heterocycles. The number of rotatable bonds is 5. The van der Waals surface area contributed by atoms with Gasteiger partial charge in [0.05, 0.1) is 12.3 Å². The summed E-state index contributed by atoms with van der Waals surface area (Å²) < 4.78 is 23.9. The molecular formula is C11H16N2O3S. The lowest BCUT2D eigenvalue weighted by molar-refractivity contribution is -0.116. The molecule has 1 amide bonds. The van der Waals surface area contributed by atoms with Crippen LogP contribution in [0.5, 0.6) is 0 Å². The van der Waals surface area contributed by atoms with Gasteiger partial charge in [-0.25, -0.2) is 8.42 Å². The number of carbonyl (C=O) groups excluding carboxylic acids is 1. The van der Waals surface area contributed by atoms with Gasteiger partial charge in [-0.05, 0) is 19.1 Å². The summed E-state index contributed by atoms with van der Waals surface area (Å²) in [6.45, 7) is 1.37. The Morgan fingerprint density at radius 1 is 1.29 bits per heavy atom. The third kappa shape index (κ3) is 4.16. The van der Waals surface area contributed by atoms with Gasteiger partial charge in [0.2, 0.25) is 15.9 Å². The van der Waals surface area contributed by atoms with Crippen molar-refractivity contribution in [3.05, 3.63) is 30.3 Å². The van der Waals surface area contributed by atoms with E-state index in [2.05, 4.69) is 5.32 Å². The fraction of sp³-hybridized carbons (Fsp3) is 0.364. The molecule has 1 N–H and O–H groups in total. The highest BCUT2D eigenvalue weighted by atomic mass is 32.2. The van der Waals surface area contributed by atoms with Crippen molar-refractivity contribution in [1.29, 1.82) is 0 Å². The molecule has 0 aliphatic rings. The van der Waals surface area contributed by atoms with Gasteiger partial charge in [0, 0.05) is 12.7 Å². The standard InChI is InChI=1S/C11H16N2O3S/c1-3-17(15,16)13(2)9-11(14)12-10-7-5-4-6-8-10/h4-8H,3,9H2,1-2H3,(H,12,14). The fourth-order valence-corrected chi connectivity index (χ4v) is 2.00. The first-order valence-corrected chi connectivity index (χ1v) is 6.85. The Hall–Kier alpha value is -1.40. The van der Waals surface area contributed by atoms with Gasteiger partial charge in [-0.1, -0.05) is 18.2 Å². The topological polar surface area (TPSA) is 66.5 Å². The molecule has 0 radical (unpaired) electrons. The van der Waals surface area contributed by atoms with Crippen molar-refractivity contribution in [2.75, 3.05) is 24.7 Å². The molecule has 1 rings (SSSR count). The first kappa shape index (κ1) is 13.7. The number of likely N-dealkylation sites (N-methyl/N-ethyl adjacent to an activating group) is 1. The lowest BCUT2D eigenvalue weighted by atomic mass is 10.3. The molecule has 0 bridgehead atoms. The maximum Gasteiger partial charge on any atom is 0.239 e. The van der Waals surface area contributed by atoms with Crippen LogP contribution in [0, 0.1) is 0 Å². The third-order valence-corrected chi connectivity index (χ3v) is 4.07. The normalized spacial score (nSPS) is 11.5. The molecule has 1 aromatic rings. The maximum absolute atomic E-state index is 11.6. The minimum atomic E-state index is -3.31. The van der Waals surface area contributed by atoms with Gasteiger partial charge >= 0.3 is 0 Å². The molecule has 0 atom stereocenters. The molecule has 17 heavy (non-hydrogen) atoms. The summed E-state index contributed by atoms with van der Waals surface area (Å²) in [4.78, 5) is 11.6. The summed E-state index contributed by atoms with van der Waals surface area (Å²) >= 11 is 0. The zero-order valence-corrected chi connectivity index (χ0v) is 10.7. The van der Waals surface area contributed by atoms with E-state index in [1.165, 1.54) is 7.05 Å². The first-order chi connectivity index (χ1) is 7.95. The van der Waals surface area contributed by atoms with E-state index in [-0.39, 0.29) is 18.2 Å². The van der Waals surface area contributed by atoms with Crippen LogP contribution in [0.4, 0.5) is 5.69 Å². The largest absolute Gasteiger partial charge is 0.325 e. The number of carbonyl (C=O) groups is 1. The highest BCUT2D eigenvalue weighted by Crippen LogP contribution is 2.05. The van der Waals surface area contributed by atoms with E-state index < -0.39 is 10.0 Å². The Kier molecular flexibility index (Phi) is 4.65. The third-order valence-electron chi connectivity index (χ3n) is 2.26. The van der Waals surface area contributed by atoms with Crippen LogP contribution < -0.4 is 5.32 Å². The van der Waals surface area contributed by atoms with Crippen molar-refractivity contribution in [2.24, 2.45) is 0 Å². The number of benzene rings is 1. The number of anilines is 1.